The molecule has 0 fully saturated rings. The molecule has 0 unspecified atom stereocenters. The van der Waals surface area contributed by atoms with Gasteiger partial charge in [-0.05, 0) is 41.8 Å². The number of aromatic nitrogens is 1. The number of fused-ring (bicyclic) bond motifs is 1. The summed E-state index contributed by atoms with van der Waals surface area (Å²) in [4.78, 5) is 14.4. The van der Waals surface area contributed by atoms with Gasteiger partial charge in [-0.25, -0.2) is 0 Å². The largest absolute Gasteiger partial charge is 0.490 e. The first-order valence-electron chi connectivity index (χ1n) is 10.3. The van der Waals surface area contributed by atoms with Crippen LogP contribution in [0.15, 0.2) is 79.0 Å². The summed E-state index contributed by atoms with van der Waals surface area (Å²) in [5.41, 5.74) is 3.72. The molecule has 1 N–H and O–H groups in total. The SMILES string of the molecule is CCOc1cc([C@@H](C[N+](=O)[O-])c2c[nH]c3ccccc23)ccc1OCc1ccccc1. The number of H-pyrrole nitrogens is 1. The molecule has 4 rings (SSSR count). The first-order chi connectivity index (χ1) is 15.2. The minimum atomic E-state index is -0.409. The molecule has 1 aromatic heterocycles. The number of benzene rings is 3. The second kappa shape index (κ2) is 9.34. The number of nitrogens with zero attached hydrogens (tertiary/aromatic N) is 1. The van der Waals surface area contributed by atoms with Crippen LogP contribution in [-0.2, 0) is 6.61 Å². The summed E-state index contributed by atoms with van der Waals surface area (Å²) in [6.07, 6.45) is 1.86. The molecule has 4 aromatic rings. The summed E-state index contributed by atoms with van der Waals surface area (Å²) in [5.74, 6) is 0.797. The van der Waals surface area contributed by atoms with Crippen LogP contribution in [0.2, 0.25) is 0 Å². The van der Waals surface area contributed by atoms with E-state index in [9.17, 15) is 10.1 Å². The lowest BCUT2D eigenvalue weighted by Gasteiger charge is -2.17. The lowest BCUT2D eigenvalue weighted by molar-refractivity contribution is -0.481. The highest BCUT2D eigenvalue weighted by atomic mass is 16.6. The van der Waals surface area contributed by atoms with Gasteiger partial charge in [0, 0.05) is 22.0 Å². The summed E-state index contributed by atoms with van der Waals surface area (Å²) in [5, 5.41) is 12.5. The Bertz CT molecular complexity index is 1170. The van der Waals surface area contributed by atoms with Crippen LogP contribution in [0.4, 0.5) is 0 Å². The van der Waals surface area contributed by atoms with Crippen LogP contribution in [0.25, 0.3) is 10.9 Å². The number of hydrogen-bond acceptors (Lipinski definition) is 4. The molecule has 3 aromatic carbocycles. The third-order valence-corrected chi connectivity index (χ3v) is 5.24. The topological polar surface area (TPSA) is 77.4 Å². The molecule has 0 spiro atoms. The zero-order valence-corrected chi connectivity index (χ0v) is 17.3. The van der Waals surface area contributed by atoms with Crippen LogP contribution in [-0.4, -0.2) is 23.1 Å². The standard InChI is InChI=1S/C25H24N2O4/c1-2-30-25-14-19(12-13-24(25)31-17-18-8-4-3-5-9-18)22(16-27(28)29)21-15-26-23-11-7-6-10-20(21)23/h3-15,22,26H,2,16-17H2,1H3/t22-/m1/s1. The van der Waals surface area contributed by atoms with Gasteiger partial charge in [0.15, 0.2) is 11.5 Å². The number of aromatic amines is 1. The molecule has 0 aliphatic carbocycles. The van der Waals surface area contributed by atoms with E-state index < -0.39 is 5.92 Å². The van der Waals surface area contributed by atoms with Gasteiger partial charge in [-0.3, -0.25) is 10.1 Å². The lowest BCUT2D eigenvalue weighted by atomic mass is 9.90. The van der Waals surface area contributed by atoms with Crippen molar-refractivity contribution in [3.05, 3.63) is 106 Å². The lowest BCUT2D eigenvalue weighted by Crippen LogP contribution is -2.14. The first kappa shape index (κ1) is 20.5. The second-order valence-electron chi connectivity index (χ2n) is 7.27. The fourth-order valence-corrected chi connectivity index (χ4v) is 3.78. The normalized spacial score (nSPS) is 11.9. The average molecular weight is 416 g/mol. The van der Waals surface area contributed by atoms with Crippen LogP contribution in [0, 0.1) is 10.1 Å². The summed E-state index contributed by atoms with van der Waals surface area (Å²) in [7, 11) is 0. The van der Waals surface area contributed by atoms with E-state index in [0.717, 1.165) is 27.6 Å². The Hall–Kier alpha value is -3.80. The molecule has 1 heterocycles. The minimum Gasteiger partial charge on any atom is -0.490 e. The maximum atomic E-state index is 11.5. The molecule has 0 saturated carbocycles. The van der Waals surface area contributed by atoms with Gasteiger partial charge in [0.25, 0.3) is 0 Å². The summed E-state index contributed by atoms with van der Waals surface area (Å²) in [6, 6.07) is 23.3. The van der Waals surface area contributed by atoms with Crippen molar-refractivity contribution in [2.75, 3.05) is 13.2 Å². The highest BCUT2D eigenvalue weighted by Gasteiger charge is 2.24. The van der Waals surface area contributed by atoms with E-state index in [4.69, 9.17) is 9.47 Å². The van der Waals surface area contributed by atoms with Crippen molar-refractivity contribution in [1.29, 1.82) is 0 Å². The van der Waals surface area contributed by atoms with Gasteiger partial charge >= 0.3 is 0 Å². The van der Waals surface area contributed by atoms with Gasteiger partial charge in [0.1, 0.15) is 6.61 Å². The van der Waals surface area contributed by atoms with Crippen molar-refractivity contribution in [3.63, 3.8) is 0 Å². The molecule has 6 nitrogen and oxygen atoms in total. The Morgan fingerprint density at radius 1 is 0.968 bits per heavy atom. The maximum absolute atomic E-state index is 11.5. The molecule has 0 aliphatic rings. The van der Waals surface area contributed by atoms with E-state index in [0.29, 0.717) is 24.7 Å². The van der Waals surface area contributed by atoms with Gasteiger partial charge < -0.3 is 14.5 Å². The van der Waals surface area contributed by atoms with Crippen molar-refractivity contribution in [1.82, 2.24) is 4.98 Å². The molecular weight excluding hydrogens is 392 g/mol. The fraction of sp³-hybridized carbons (Fsp3) is 0.200. The van der Waals surface area contributed by atoms with Gasteiger partial charge in [-0.2, -0.15) is 0 Å². The van der Waals surface area contributed by atoms with Crippen LogP contribution in [0.3, 0.4) is 0 Å². The number of ether oxygens (including phenoxy) is 2. The number of nitro groups is 1. The Labute approximate surface area is 180 Å². The Kier molecular flexibility index (Phi) is 6.17. The second-order valence-corrected chi connectivity index (χ2v) is 7.27. The van der Waals surface area contributed by atoms with Crippen molar-refractivity contribution in [2.24, 2.45) is 0 Å². The van der Waals surface area contributed by atoms with Crippen LogP contribution in [0.1, 0.15) is 29.5 Å². The molecule has 0 saturated heterocycles. The highest BCUT2D eigenvalue weighted by Crippen LogP contribution is 2.36. The summed E-state index contributed by atoms with van der Waals surface area (Å²) >= 11 is 0. The van der Waals surface area contributed by atoms with Crippen LogP contribution < -0.4 is 9.47 Å². The van der Waals surface area contributed by atoms with Crippen molar-refractivity contribution in [3.8, 4) is 11.5 Å². The summed E-state index contributed by atoms with van der Waals surface area (Å²) in [6.45, 7) is 2.58. The van der Waals surface area contributed by atoms with E-state index in [1.54, 1.807) is 0 Å². The Morgan fingerprint density at radius 2 is 1.74 bits per heavy atom. The monoisotopic (exact) mass is 416 g/mol. The average Bonchev–Trinajstić information content (AvgIpc) is 3.21. The Balaban J connectivity index is 1.68. The molecule has 0 amide bonds. The first-order valence-corrected chi connectivity index (χ1v) is 10.3. The van der Waals surface area contributed by atoms with Crippen LogP contribution >= 0.6 is 0 Å². The molecule has 1 atom stereocenters. The smallest absolute Gasteiger partial charge is 0.214 e. The van der Waals surface area contributed by atoms with Gasteiger partial charge in [-0.1, -0.05) is 54.6 Å². The highest BCUT2D eigenvalue weighted by molar-refractivity contribution is 5.84. The van der Waals surface area contributed by atoms with E-state index in [2.05, 4.69) is 4.98 Å². The quantitative estimate of drug-likeness (QED) is 0.286. The molecule has 158 valence electrons. The molecule has 0 aliphatic heterocycles. The number of nitrogens with one attached hydrogen (secondary N) is 1. The van der Waals surface area contributed by atoms with E-state index >= 15 is 0 Å². The predicted octanol–water partition coefficient (Wildman–Crippen LogP) is 5.55. The number of para-hydroxylation sites is 1. The van der Waals surface area contributed by atoms with Crippen molar-refractivity contribution in [2.45, 2.75) is 19.4 Å². The van der Waals surface area contributed by atoms with Gasteiger partial charge in [0.05, 0.1) is 12.5 Å². The van der Waals surface area contributed by atoms with Gasteiger partial charge in [0.2, 0.25) is 6.54 Å². The number of hydrogen-bond donors (Lipinski definition) is 1. The van der Waals surface area contributed by atoms with Crippen molar-refractivity contribution >= 4 is 10.9 Å². The third kappa shape index (κ3) is 4.69. The molecular formula is C25H24N2O4. The zero-order valence-electron chi connectivity index (χ0n) is 17.3. The zero-order chi connectivity index (χ0) is 21.6. The molecule has 6 heteroatoms. The van der Waals surface area contributed by atoms with Gasteiger partial charge in [-0.15, -0.1) is 0 Å². The van der Waals surface area contributed by atoms with Crippen LogP contribution in [0.5, 0.6) is 11.5 Å². The molecule has 0 bridgehead atoms. The predicted molar refractivity (Wildman–Crippen MR) is 120 cm³/mol. The molecule has 0 radical (unpaired) electrons. The van der Waals surface area contributed by atoms with E-state index in [1.807, 2.05) is 85.9 Å². The van der Waals surface area contributed by atoms with Crippen molar-refractivity contribution < 1.29 is 14.4 Å². The van der Waals surface area contributed by atoms with E-state index in [1.165, 1.54) is 0 Å². The fourth-order valence-electron chi connectivity index (χ4n) is 3.78. The van der Waals surface area contributed by atoms with E-state index in [-0.39, 0.29) is 11.5 Å². The number of rotatable bonds is 9. The Morgan fingerprint density at radius 3 is 2.52 bits per heavy atom. The summed E-state index contributed by atoms with van der Waals surface area (Å²) < 4.78 is 11.8. The molecule has 31 heavy (non-hydrogen) atoms. The maximum Gasteiger partial charge on any atom is 0.214 e. The third-order valence-electron chi connectivity index (χ3n) is 5.24. The minimum absolute atomic E-state index is 0.211.